The molecule has 0 radical (unpaired) electrons. The third kappa shape index (κ3) is 3.60. The lowest BCUT2D eigenvalue weighted by Gasteiger charge is -1.98. The highest BCUT2D eigenvalue weighted by Gasteiger charge is 1.90. The Labute approximate surface area is 104 Å². The number of allylic oxidation sites excluding steroid dienone is 1. The average molecular weight is 222 g/mol. The Balaban J connectivity index is 2.03. The number of hydrogen-bond donors (Lipinski definition) is 0. The van der Waals surface area contributed by atoms with Crippen molar-refractivity contribution in [3.05, 3.63) is 76.9 Å². The van der Waals surface area contributed by atoms with Gasteiger partial charge in [0.15, 0.2) is 0 Å². The standard InChI is InChI=1S/C17H18/c1-14-6-3-8-16(12-14)10-5-11-17-9-4-7-15(2)13-17/h3-10,12-13H,11H2,1-2H3. The van der Waals surface area contributed by atoms with E-state index in [2.05, 4.69) is 74.5 Å². The van der Waals surface area contributed by atoms with E-state index in [9.17, 15) is 0 Å². The molecular formula is C17H18. The van der Waals surface area contributed by atoms with Gasteiger partial charge in [0.2, 0.25) is 0 Å². The molecule has 0 unspecified atom stereocenters. The highest BCUT2D eigenvalue weighted by atomic mass is 14.0. The van der Waals surface area contributed by atoms with Crippen LogP contribution >= 0.6 is 0 Å². The van der Waals surface area contributed by atoms with E-state index in [0.29, 0.717) is 0 Å². The van der Waals surface area contributed by atoms with E-state index in [1.165, 1.54) is 22.3 Å². The summed E-state index contributed by atoms with van der Waals surface area (Å²) >= 11 is 0. The van der Waals surface area contributed by atoms with Crippen molar-refractivity contribution < 1.29 is 0 Å². The molecule has 0 saturated carbocycles. The minimum atomic E-state index is 0.996. The molecule has 0 saturated heterocycles. The molecule has 0 atom stereocenters. The summed E-state index contributed by atoms with van der Waals surface area (Å²) in [6.45, 7) is 4.26. The van der Waals surface area contributed by atoms with E-state index in [1.807, 2.05) is 0 Å². The van der Waals surface area contributed by atoms with Gasteiger partial charge in [-0.15, -0.1) is 0 Å². The predicted octanol–water partition coefficient (Wildman–Crippen LogP) is 4.56. The van der Waals surface area contributed by atoms with Crippen molar-refractivity contribution in [3.8, 4) is 0 Å². The van der Waals surface area contributed by atoms with Gasteiger partial charge < -0.3 is 0 Å². The topological polar surface area (TPSA) is 0 Å². The van der Waals surface area contributed by atoms with Gasteiger partial charge in [-0.2, -0.15) is 0 Å². The van der Waals surface area contributed by atoms with Gasteiger partial charge in [-0.25, -0.2) is 0 Å². The zero-order valence-electron chi connectivity index (χ0n) is 10.5. The second-order valence-electron chi connectivity index (χ2n) is 4.51. The van der Waals surface area contributed by atoms with Gasteiger partial charge in [-0.1, -0.05) is 71.8 Å². The molecule has 2 rings (SSSR count). The molecule has 0 aromatic heterocycles. The molecule has 0 heteroatoms. The molecule has 0 aliphatic carbocycles. The summed E-state index contributed by atoms with van der Waals surface area (Å²) in [4.78, 5) is 0. The third-order valence-electron chi connectivity index (χ3n) is 2.79. The summed E-state index contributed by atoms with van der Waals surface area (Å²) in [6.07, 6.45) is 5.41. The van der Waals surface area contributed by atoms with Crippen molar-refractivity contribution in [1.29, 1.82) is 0 Å². The van der Waals surface area contributed by atoms with Gasteiger partial charge in [0.25, 0.3) is 0 Å². The molecule has 0 nitrogen and oxygen atoms in total. The average Bonchev–Trinajstić information content (AvgIpc) is 2.29. The zero-order valence-corrected chi connectivity index (χ0v) is 10.5. The van der Waals surface area contributed by atoms with Crippen molar-refractivity contribution in [2.45, 2.75) is 20.3 Å². The Morgan fingerprint density at radius 3 is 2.29 bits per heavy atom. The maximum absolute atomic E-state index is 2.24. The summed E-state index contributed by atoms with van der Waals surface area (Å²) < 4.78 is 0. The Morgan fingerprint density at radius 1 is 0.882 bits per heavy atom. The Hall–Kier alpha value is -1.82. The largest absolute Gasteiger partial charge is 0.0795 e. The summed E-state index contributed by atoms with van der Waals surface area (Å²) in [5.74, 6) is 0. The van der Waals surface area contributed by atoms with Gasteiger partial charge >= 0.3 is 0 Å². The quantitative estimate of drug-likeness (QED) is 0.714. The molecule has 17 heavy (non-hydrogen) atoms. The van der Waals surface area contributed by atoms with Crippen LogP contribution in [0.2, 0.25) is 0 Å². The smallest absolute Gasteiger partial charge is 0.00940 e. The van der Waals surface area contributed by atoms with Gasteiger partial charge in [-0.05, 0) is 31.4 Å². The molecule has 0 N–H and O–H groups in total. The second-order valence-corrected chi connectivity index (χ2v) is 4.51. The normalized spacial score (nSPS) is 10.9. The fraction of sp³-hybridized carbons (Fsp3) is 0.176. The lowest BCUT2D eigenvalue weighted by molar-refractivity contribution is 1.25. The minimum Gasteiger partial charge on any atom is -0.0795 e. The third-order valence-corrected chi connectivity index (χ3v) is 2.79. The van der Waals surface area contributed by atoms with E-state index >= 15 is 0 Å². The van der Waals surface area contributed by atoms with Gasteiger partial charge in [0.05, 0.1) is 0 Å². The monoisotopic (exact) mass is 222 g/mol. The fourth-order valence-electron chi connectivity index (χ4n) is 1.94. The van der Waals surface area contributed by atoms with E-state index in [-0.39, 0.29) is 0 Å². The van der Waals surface area contributed by atoms with Crippen LogP contribution in [0.4, 0.5) is 0 Å². The van der Waals surface area contributed by atoms with Crippen molar-refractivity contribution in [3.63, 3.8) is 0 Å². The fourth-order valence-corrected chi connectivity index (χ4v) is 1.94. The first-order valence-corrected chi connectivity index (χ1v) is 6.03. The summed E-state index contributed by atoms with van der Waals surface area (Å²) in [7, 11) is 0. The van der Waals surface area contributed by atoms with Crippen molar-refractivity contribution in [2.24, 2.45) is 0 Å². The Bertz CT molecular complexity index is 521. The number of aryl methyl sites for hydroxylation is 2. The predicted molar refractivity (Wildman–Crippen MR) is 75.1 cm³/mol. The highest BCUT2D eigenvalue weighted by Crippen LogP contribution is 2.09. The molecule has 0 amide bonds. The highest BCUT2D eigenvalue weighted by molar-refractivity contribution is 5.50. The molecule has 0 aliphatic heterocycles. The van der Waals surface area contributed by atoms with E-state index < -0.39 is 0 Å². The van der Waals surface area contributed by atoms with Crippen LogP contribution in [0.5, 0.6) is 0 Å². The number of hydrogen-bond acceptors (Lipinski definition) is 0. The first-order valence-electron chi connectivity index (χ1n) is 6.03. The van der Waals surface area contributed by atoms with Gasteiger partial charge in [0.1, 0.15) is 0 Å². The van der Waals surface area contributed by atoms with E-state index in [4.69, 9.17) is 0 Å². The molecular weight excluding hydrogens is 204 g/mol. The van der Waals surface area contributed by atoms with Crippen LogP contribution in [0, 0.1) is 13.8 Å². The molecule has 0 heterocycles. The van der Waals surface area contributed by atoms with E-state index in [1.54, 1.807) is 0 Å². The van der Waals surface area contributed by atoms with E-state index in [0.717, 1.165) is 6.42 Å². The van der Waals surface area contributed by atoms with Crippen LogP contribution in [0.3, 0.4) is 0 Å². The van der Waals surface area contributed by atoms with Crippen molar-refractivity contribution in [1.82, 2.24) is 0 Å². The van der Waals surface area contributed by atoms with Crippen molar-refractivity contribution in [2.75, 3.05) is 0 Å². The maximum atomic E-state index is 2.24. The second kappa shape index (κ2) is 5.49. The molecule has 86 valence electrons. The lowest BCUT2D eigenvalue weighted by atomic mass is 10.1. The van der Waals surface area contributed by atoms with Crippen LogP contribution in [0.15, 0.2) is 54.6 Å². The number of benzene rings is 2. The first kappa shape index (κ1) is 11.7. The molecule has 0 aliphatic rings. The maximum Gasteiger partial charge on any atom is -0.00940 e. The molecule has 0 bridgehead atoms. The Kier molecular flexibility index (Phi) is 3.77. The van der Waals surface area contributed by atoms with Gasteiger partial charge in [0, 0.05) is 0 Å². The van der Waals surface area contributed by atoms with Crippen LogP contribution < -0.4 is 0 Å². The van der Waals surface area contributed by atoms with Crippen LogP contribution in [-0.2, 0) is 6.42 Å². The van der Waals surface area contributed by atoms with Crippen LogP contribution in [0.1, 0.15) is 22.3 Å². The van der Waals surface area contributed by atoms with Crippen LogP contribution in [0.25, 0.3) is 6.08 Å². The SMILES string of the molecule is Cc1cccc(C=CCc2cccc(C)c2)c1. The molecule has 0 fully saturated rings. The summed E-state index contributed by atoms with van der Waals surface area (Å²) in [5, 5.41) is 0. The van der Waals surface area contributed by atoms with Crippen LogP contribution in [-0.4, -0.2) is 0 Å². The Morgan fingerprint density at radius 2 is 1.59 bits per heavy atom. The molecule has 2 aromatic rings. The van der Waals surface area contributed by atoms with Crippen molar-refractivity contribution >= 4 is 6.08 Å². The zero-order chi connectivity index (χ0) is 12.1. The molecule has 0 spiro atoms. The molecule has 2 aromatic carbocycles. The minimum absolute atomic E-state index is 0.996. The number of rotatable bonds is 3. The lowest BCUT2D eigenvalue weighted by Crippen LogP contribution is -1.82. The van der Waals surface area contributed by atoms with Gasteiger partial charge in [-0.3, -0.25) is 0 Å². The summed E-state index contributed by atoms with van der Waals surface area (Å²) in [6, 6.07) is 17.2. The first-order chi connectivity index (χ1) is 8.24. The summed E-state index contributed by atoms with van der Waals surface area (Å²) in [5.41, 5.74) is 5.28.